The van der Waals surface area contributed by atoms with Crippen LogP contribution in [-0.2, 0) is 6.54 Å². The van der Waals surface area contributed by atoms with Crippen LogP contribution in [0.5, 0.6) is 0 Å². The van der Waals surface area contributed by atoms with Crippen molar-refractivity contribution in [3.63, 3.8) is 0 Å². The van der Waals surface area contributed by atoms with Crippen LogP contribution in [0, 0.1) is 0 Å². The minimum atomic E-state index is -0.132. The average molecular weight is 433 g/mol. The average Bonchev–Trinajstić information content (AvgIpc) is 3.37. The van der Waals surface area contributed by atoms with Crippen LogP contribution >= 0.6 is 0 Å². The molecular formula is C25H32N6O. The molecule has 2 amide bonds. The highest BCUT2D eigenvalue weighted by Crippen LogP contribution is 2.24. The van der Waals surface area contributed by atoms with E-state index in [1.165, 1.54) is 5.56 Å². The van der Waals surface area contributed by atoms with E-state index in [9.17, 15) is 4.79 Å². The molecule has 168 valence electrons. The van der Waals surface area contributed by atoms with Gasteiger partial charge >= 0.3 is 6.03 Å². The first-order chi connectivity index (χ1) is 15.7. The third-order valence-corrected chi connectivity index (χ3v) is 5.92. The van der Waals surface area contributed by atoms with E-state index in [-0.39, 0.29) is 6.03 Å². The predicted octanol–water partition coefficient (Wildman–Crippen LogP) is 3.05. The summed E-state index contributed by atoms with van der Waals surface area (Å²) in [7, 11) is 2.18. The van der Waals surface area contributed by atoms with Crippen molar-refractivity contribution in [3.05, 3.63) is 84.2 Å². The molecule has 1 aliphatic heterocycles. The highest BCUT2D eigenvalue weighted by atomic mass is 16.2. The third-order valence-electron chi connectivity index (χ3n) is 5.92. The Bertz CT molecular complexity index is 975. The summed E-state index contributed by atoms with van der Waals surface area (Å²) in [5.74, 6) is 0. The lowest BCUT2D eigenvalue weighted by atomic mass is 10.0. The van der Waals surface area contributed by atoms with Crippen LogP contribution in [0.3, 0.4) is 0 Å². The highest BCUT2D eigenvalue weighted by molar-refractivity contribution is 5.73. The van der Waals surface area contributed by atoms with E-state index in [0.29, 0.717) is 19.1 Å². The van der Waals surface area contributed by atoms with Crippen LogP contribution in [0.4, 0.5) is 4.79 Å². The summed E-state index contributed by atoms with van der Waals surface area (Å²) in [5.41, 5.74) is 3.38. The van der Waals surface area contributed by atoms with Crippen molar-refractivity contribution >= 4 is 6.03 Å². The van der Waals surface area contributed by atoms with E-state index in [4.69, 9.17) is 0 Å². The Balaban J connectivity index is 1.20. The maximum atomic E-state index is 12.2. The van der Waals surface area contributed by atoms with Crippen molar-refractivity contribution in [3.8, 4) is 5.69 Å². The predicted molar refractivity (Wildman–Crippen MR) is 127 cm³/mol. The monoisotopic (exact) mass is 432 g/mol. The number of carbonyl (C=O) groups excluding carboxylic acids is 1. The van der Waals surface area contributed by atoms with E-state index in [0.717, 1.165) is 43.9 Å². The highest BCUT2D eigenvalue weighted by Gasteiger charge is 2.25. The largest absolute Gasteiger partial charge is 0.338 e. The Labute approximate surface area is 190 Å². The number of hydrogen-bond acceptors (Lipinski definition) is 4. The number of nitrogens with zero attached hydrogens (tertiary/aromatic N) is 4. The number of hydrogen-bond donors (Lipinski definition) is 2. The Morgan fingerprint density at radius 3 is 2.75 bits per heavy atom. The standard InChI is InChI=1S/C25H32N6O/c1-29-16-17-30(24(20-29)22-9-3-2-4-10-22)14-6-12-26-25(32)27-19-21-8-5-11-23(18-21)31-15-7-13-28-31/h2-5,7-11,13,15,18,24H,6,12,14,16-17,19-20H2,1H3,(H2,26,27,32). The fourth-order valence-corrected chi connectivity index (χ4v) is 4.18. The molecule has 1 aromatic heterocycles. The Morgan fingerprint density at radius 1 is 1.06 bits per heavy atom. The van der Waals surface area contributed by atoms with Gasteiger partial charge in [-0.05, 0) is 42.8 Å². The zero-order chi connectivity index (χ0) is 22.2. The molecule has 1 fully saturated rings. The quantitative estimate of drug-likeness (QED) is 0.537. The number of amides is 2. The van der Waals surface area contributed by atoms with Crippen molar-refractivity contribution in [2.45, 2.75) is 19.0 Å². The number of nitrogens with one attached hydrogen (secondary N) is 2. The Hall–Kier alpha value is -3.16. The summed E-state index contributed by atoms with van der Waals surface area (Å²) in [6, 6.07) is 20.9. The first-order valence-electron chi connectivity index (χ1n) is 11.3. The summed E-state index contributed by atoms with van der Waals surface area (Å²) in [5, 5.41) is 10.2. The molecule has 1 unspecified atom stereocenters. The van der Waals surface area contributed by atoms with Crippen LogP contribution in [0.2, 0.25) is 0 Å². The second-order valence-corrected chi connectivity index (χ2v) is 8.31. The molecule has 2 heterocycles. The van der Waals surface area contributed by atoms with Gasteiger partial charge in [0.05, 0.1) is 5.69 Å². The fourth-order valence-electron chi connectivity index (χ4n) is 4.18. The lowest BCUT2D eigenvalue weighted by Gasteiger charge is -2.40. The smallest absolute Gasteiger partial charge is 0.315 e. The first-order valence-corrected chi connectivity index (χ1v) is 11.3. The number of carbonyl (C=O) groups is 1. The molecule has 3 aromatic rings. The SMILES string of the molecule is CN1CCN(CCCNC(=O)NCc2cccc(-n3cccn3)c2)C(c2ccccc2)C1. The number of rotatable bonds is 8. The van der Waals surface area contributed by atoms with Gasteiger partial charge in [0.2, 0.25) is 0 Å². The third kappa shape index (κ3) is 5.96. The van der Waals surface area contributed by atoms with E-state index < -0.39 is 0 Å². The second-order valence-electron chi connectivity index (χ2n) is 8.31. The number of aromatic nitrogens is 2. The number of likely N-dealkylation sites (N-methyl/N-ethyl adjacent to an activating group) is 1. The molecule has 32 heavy (non-hydrogen) atoms. The van der Waals surface area contributed by atoms with Gasteiger partial charge in [0.25, 0.3) is 0 Å². The van der Waals surface area contributed by atoms with Gasteiger partial charge in [-0.3, -0.25) is 4.90 Å². The molecule has 0 aliphatic carbocycles. The molecule has 1 saturated heterocycles. The lowest BCUT2D eigenvalue weighted by Crippen LogP contribution is -2.47. The zero-order valence-electron chi connectivity index (χ0n) is 18.7. The van der Waals surface area contributed by atoms with E-state index in [1.807, 2.05) is 41.2 Å². The van der Waals surface area contributed by atoms with Crippen LogP contribution < -0.4 is 10.6 Å². The lowest BCUT2D eigenvalue weighted by molar-refractivity contribution is 0.0889. The number of piperazine rings is 1. The van der Waals surface area contributed by atoms with E-state index >= 15 is 0 Å². The first kappa shape index (κ1) is 22.0. The number of urea groups is 1. The summed E-state index contributed by atoms with van der Waals surface area (Å²) >= 11 is 0. The van der Waals surface area contributed by atoms with E-state index in [1.54, 1.807) is 6.20 Å². The number of benzene rings is 2. The van der Waals surface area contributed by atoms with Gasteiger partial charge in [-0.15, -0.1) is 0 Å². The summed E-state index contributed by atoms with van der Waals surface area (Å²) in [6.07, 6.45) is 4.58. The van der Waals surface area contributed by atoms with Gasteiger partial charge in [0, 0.05) is 57.7 Å². The molecule has 0 bridgehead atoms. The molecule has 2 aromatic carbocycles. The minimum absolute atomic E-state index is 0.132. The van der Waals surface area contributed by atoms with Crippen molar-refractivity contribution in [1.82, 2.24) is 30.2 Å². The second kappa shape index (κ2) is 10.9. The molecule has 0 spiro atoms. The van der Waals surface area contributed by atoms with Gasteiger partial charge < -0.3 is 15.5 Å². The van der Waals surface area contributed by atoms with Crippen molar-refractivity contribution in [1.29, 1.82) is 0 Å². The summed E-state index contributed by atoms with van der Waals surface area (Å²) < 4.78 is 1.81. The van der Waals surface area contributed by atoms with Crippen molar-refractivity contribution in [2.75, 3.05) is 39.8 Å². The molecule has 7 nitrogen and oxygen atoms in total. The van der Waals surface area contributed by atoms with Crippen LogP contribution in [0.25, 0.3) is 5.69 Å². The maximum absolute atomic E-state index is 12.2. The molecule has 1 aliphatic rings. The summed E-state index contributed by atoms with van der Waals surface area (Å²) in [4.78, 5) is 17.2. The fraction of sp³-hybridized carbons (Fsp3) is 0.360. The maximum Gasteiger partial charge on any atom is 0.315 e. The summed E-state index contributed by atoms with van der Waals surface area (Å²) in [6.45, 7) is 5.28. The van der Waals surface area contributed by atoms with Gasteiger partial charge in [-0.2, -0.15) is 5.10 Å². The molecule has 4 rings (SSSR count). The van der Waals surface area contributed by atoms with Gasteiger partial charge in [-0.25, -0.2) is 9.48 Å². The van der Waals surface area contributed by atoms with Crippen LogP contribution in [0.15, 0.2) is 73.1 Å². The Kier molecular flexibility index (Phi) is 7.53. The molecule has 2 N–H and O–H groups in total. The van der Waals surface area contributed by atoms with Gasteiger partial charge in [0.1, 0.15) is 0 Å². The minimum Gasteiger partial charge on any atom is -0.338 e. The van der Waals surface area contributed by atoms with E-state index in [2.05, 4.69) is 62.9 Å². The van der Waals surface area contributed by atoms with Gasteiger partial charge in [-0.1, -0.05) is 42.5 Å². The molecular weight excluding hydrogens is 400 g/mol. The molecule has 0 radical (unpaired) electrons. The van der Waals surface area contributed by atoms with Crippen LogP contribution in [-0.4, -0.2) is 65.4 Å². The molecule has 0 saturated carbocycles. The van der Waals surface area contributed by atoms with Crippen molar-refractivity contribution in [2.24, 2.45) is 0 Å². The molecule has 1 atom stereocenters. The van der Waals surface area contributed by atoms with Crippen LogP contribution in [0.1, 0.15) is 23.6 Å². The zero-order valence-corrected chi connectivity index (χ0v) is 18.7. The normalized spacial score (nSPS) is 17.2. The van der Waals surface area contributed by atoms with Crippen molar-refractivity contribution < 1.29 is 4.79 Å². The van der Waals surface area contributed by atoms with Gasteiger partial charge in [0.15, 0.2) is 0 Å². The molecule has 7 heteroatoms. The Morgan fingerprint density at radius 2 is 1.94 bits per heavy atom. The topological polar surface area (TPSA) is 65.4 Å².